The lowest BCUT2D eigenvalue weighted by Gasteiger charge is -2.31. The SMILES string of the molecule is CN1CCN(C[C@H]2CO2)CC1. The van der Waals surface area contributed by atoms with Crippen molar-refractivity contribution in [2.24, 2.45) is 0 Å². The van der Waals surface area contributed by atoms with Crippen LogP contribution in [0, 0.1) is 0 Å². The molecule has 2 saturated heterocycles. The average Bonchev–Trinajstić information content (AvgIpc) is 2.78. The topological polar surface area (TPSA) is 19.0 Å². The molecule has 11 heavy (non-hydrogen) atoms. The Morgan fingerprint density at radius 3 is 2.45 bits per heavy atom. The zero-order valence-electron chi connectivity index (χ0n) is 7.12. The first kappa shape index (κ1) is 7.53. The lowest BCUT2D eigenvalue weighted by Crippen LogP contribution is -2.45. The minimum Gasteiger partial charge on any atom is -0.372 e. The smallest absolute Gasteiger partial charge is 0.0936 e. The van der Waals surface area contributed by atoms with Crippen molar-refractivity contribution in [2.75, 3.05) is 46.4 Å². The monoisotopic (exact) mass is 156 g/mol. The summed E-state index contributed by atoms with van der Waals surface area (Å²) in [6.07, 6.45) is 0.568. The van der Waals surface area contributed by atoms with E-state index >= 15 is 0 Å². The molecule has 2 aliphatic heterocycles. The first-order valence-electron chi connectivity index (χ1n) is 4.37. The van der Waals surface area contributed by atoms with Crippen LogP contribution in [-0.2, 0) is 4.74 Å². The Kier molecular flexibility index (Phi) is 2.11. The summed E-state index contributed by atoms with van der Waals surface area (Å²) in [5.74, 6) is 0. The Hall–Kier alpha value is -0.120. The maximum Gasteiger partial charge on any atom is 0.0936 e. The van der Waals surface area contributed by atoms with Gasteiger partial charge in [0.15, 0.2) is 0 Å². The van der Waals surface area contributed by atoms with Gasteiger partial charge in [-0.05, 0) is 7.05 Å². The van der Waals surface area contributed by atoms with E-state index in [1.165, 1.54) is 26.2 Å². The van der Waals surface area contributed by atoms with Gasteiger partial charge in [-0.2, -0.15) is 0 Å². The summed E-state index contributed by atoms with van der Waals surface area (Å²) in [6.45, 7) is 7.02. The van der Waals surface area contributed by atoms with E-state index in [1.54, 1.807) is 0 Å². The summed E-state index contributed by atoms with van der Waals surface area (Å²) in [6, 6.07) is 0. The van der Waals surface area contributed by atoms with E-state index in [0.717, 1.165) is 13.2 Å². The van der Waals surface area contributed by atoms with Gasteiger partial charge in [0.2, 0.25) is 0 Å². The normalized spacial score (nSPS) is 34.1. The van der Waals surface area contributed by atoms with E-state index in [-0.39, 0.29) is 0 Å². The summed E-state index contributed by atoms with van der Waals surface area (Å²) in [7, 11) is 2.19. The van der Waals surface area contributed by atoms with Crippen LogP contribution >= 0.6 is 0 Å². The predicted molar refractivity (Wildman–Crippen MR) is 43.7 cm³/mol. The van der Waals surface area contributed by atoms with Gasteiger partial charge in [-0.1, -0.05) is 0 Å². The van der Waals surface area contributed by atoms with Crippen molar-refractivity contribution in [2.45, 2.75) is 6.10 Å². The molecule has 3 nitrogen and oxygen atoms in total. The van der Waals surface area contributed by atoms with Gasteiger partial charge in [0.1, 0.15) is 0 Å². The van der Waals surface area contributed by atoms with Crippen LogP contribution in [0.25, 0.3) is 0 Å². The molecule has 2 heterocycles. The van der Waals surface area contributed by atoms with Crippen molar-refractivity contribution < 1.29 is 4.74 Å². The molecule has 64 valence electrons. The zero-order valence-corrected chi connectivity index (χ0v) is 7.12. The van der Waals surface area contributed by atoms with Crippen LogP contribution in [0.2, 0.25) is 0 Å². The molecule has 0 radical (unpaired) electrons. The van der Waals surface area contributed by atoms with Crippen LogP contribution in [0.3, 0.4) is 0 Å². The van der Waals surface area contributed by atoms with E-state index in [2.05, 4.69) is 16.8 Å². The van der Waals surface area contributed by atoms with E-state index in [0.29, 0.717) is 6.10 Å². The molecule has 0 aliphatic carbocycles. The third-order valence-electron chi connectivity index (χ3n) is 2.46. The molecule has 2 aliphatic rings. The summed E-state index contributed by atoms with van der Waals surface area (Å²) >= 11 is 0. The third-order valence-corrected chi connectivity index (χ3v) is 2.46. The van der Waals surface area contributed by atoms with Gasteiger partial charge >= 0.3 is 0 Å². The standard InChI is InChI=1S/C8H16N2O/c1-9-2-4-10(5-3-9)6-8-7-11-8/h8H,2-7H2,1H3/t8-/m0/s1. The second-order valence-electron chi connectivity index (χ2n) is 3.56. The van der Waals surface area contributed by atoms with E-state index in [1.807, 2.05) is 0 Å². The molecule has 0 aromatic rings. The number of ether oxygens (including phenoxy) is 1. The molecule has 0 N–H and O–H groups in total. The molecule has 0 bridgehead atoms. The highest BCUT2D eigenvalue weighted by molar-refractivity contribution is 4.77. The largest absolute Gasteiger partial charge is 0.372 e. The van der Waals surface area contributed by atoms with Crippen molar-refractivity contribution >= 4 is 0 Å². The Balaban J connectivity index is 1.69. The van der Waals surface area contributed by atoms with Gasteiger partial charge in [0.25, 0.3) is 0 Å². The summed E-state index contributed by atoms with van der Waals surface area (Å²) in [5, 5.41) is 0. The Bertz CT molecular complexity index is 128. The lowest BCUT2D eigenvalue weighted by molar-refractivity contribution is 0.144. The van der Waals surface area contributed by atoms with Crippen LogP contribution in [-0.4, -0.2) is 62.3 Å². The van der Waals surface area contributed by atoms with Gasteiger partial charge in [-0.15, -0.1) is 0 Å². The van der Waals surface area contributed by atoms with Crippen LogP contribution < -0.4 is 0 Å². The number of nitrogens with zero attached hydrogens (tertiary/aromatic N) is 2. The second-order valence-corrected chi connectivity index (χ2v) is 3.56. The highest BCUT2D eigenvalue weighted by atomic mass is 16.6. The van der Waals surface area contributed by atoms with Gasteiger partial charge < -0.3 is 9.64 Å². The minimum atomic E-state index is 0.568. The summed E-state index contributed by atoms with van der Waals surface area (Å²) in [4.78, 5) is 4.88. The quantitative estimate of drug-likeness (QED) is 0.509. The molecule has 0 unspecified atom stereocenters. The van der Waals surface area contributed by atoms with Crippen molar-refractivity contribution in [1.82, 2.24) is 9.80 Å². The molecule has 3 heteroatoms. The van der Waals surface area contributed by atoms with Gasteiger partial charge in [-0.3, -0.25) is 4.90 Å². The predicted octanol–water partition coefficient (Wildman–Crippen LogP) is -0.367. The number of piperazine rings is 1. The molecule has 2 rings (SSSR count). The first-order chi connectivity index (χ1) is 5.34. The molecule has 2 fully saturated rings. The van der Waals surface area contributed by atoms with Crippen molar-refractivity contribution in [1.29, 1.82) is 0 Å². The average molecular weight is 156 g/mol. The van der Waals surface area contributed by atoms with Crippen LogP contribution in [0.1, 0.15) is 0 Å². The first-order valence-corrected chi connectivity index (χ1v) is 4.37. The van der Waals surface area contributed by atoms with Gasteiger partial charge in [0.05, 0.1) is 12.7 Å². The second kappa shape index (κ2) is 3.09. The van der Waals surface area contributed by atoms with Crippen LogP contribution in [0.15, 0.2) is 0 Å². The highest BCUT2D eigenvalue weighted by Gasteiger charge is 2.26. The Morgan fingerprint density at radius 1 is 1.27 bits per heavy atom. The molecule has 0 aromatic heterocycles. The summed E-state index contributed by atoms with van der Waals surface area (Å²) < 4.78 is 5.18. The van der Waals surface area contributed by atoms with Crippen LogP contribution in [0.5, 0.6) is 0 Å². The van der Waals surface area contributed by atoms with E-state index < -0.39 is 0 Å². The fourth-order valence-corrected chi connectivity index (χ4v) is 1.49. The van der Waals surface area contributed by atoms with Crippen LogP contribution in [0.4, 0.5) is 0 Å². The molecule has 0 aromatic carbocycles. The third kappa shape index (κ3) is 2.15. The maximum absolute atomic E-state index is 5.18. The number of likely N-dealkylation sites (N-methyl/N-ethyl adjacent to an activating group) is 1. The minimum absolute atomic E-state index is 0.568. The number of epoxide rings is 1. The molecular formula is C8H16N2O. The zero-order chi connectivity index (χ0) is 7.68. The number of hydrogen-bond acceptors (Lipinski definition) is 3. The molecule has 0 amide bonds. The molecule has 0 saturated carbocycles. The Morgan fingerprint density at radius 2 is 1.91 bits per heavy atom. The summed E-state index contributed by atoms with van der Waals surface area (Å²) in [5.41, 5.74) is 0. The highest BCUT2D eigenvalue weighted by Crippen LogP contribution is 2.11. The fraction of sp³-hybridized carbons (Fsp3) is 1.00. The van der Waals surface area contributed by atoms with Crippen molar-refractivity contribution in [3.63, 3.8) is 0 Å². The van der Waals surface area contributed by atoms with Gasteiger partial charge in [-0.25, -0.2) is 0 Å². The molecule has 0 spiro atoms. The van der Waals surface area contributed by atoms with E-state index in [4.69, 9.17) is 4.74 Å². The molecule has 1 atom stereocenters. The maximum atomic E-state index is 5.18. The fourth-order valence-electron chi connectivity index (χ4n) is 1.49. The lowest BCUT2D eigenvalue weighted by atomic mass is 10.3. The number of rotatable bonds is 2. The number of hydrogen-bond donors (Lipinski definition) is 0. The van der Waals surface area contributed by atoms with Gasteiger partial charge in [0, 0.05) is 32.7 Å². The van der Waals surface area contributed by atoms with Crippen molar-refractivity contribution in [3.8, 4) is 0 Å². The molecular weight excluding hydrogens is 140 g/mol. The Labute approximate surface area is 67.9 Å². The van der Waals surface area contributed by atoms with E-state index in [9.17, 15) is 0 Å². The van der Waals surface area contributed by atoms with Crippen molar-refractivity contribution in [3.05, 3.63) is 0 Å².